The van der Waals surface area contributed by atoms with Crippen LogP contribution in [0.1, 0.15) is 27.1 Å². The minimum absolute atomic E-state index is 0.0243. The van der Waals surface area contributed by atoms with Gasteiger partial charge in [-0.2, -0.15) is 0 Å². The lowest BCUT2D eigenvalue weighted by atomic mass is 10.1. The Balaban J connectivity index is 1.51. The number of benzene rings is 2. The summed E-state index contributed by atoms with van der Waals surface area (Å²) in [4.78, 5) is 48.7. The molecule has 3 rings (SSSR count). The lowest BCUT2D eigenvalue weighted by molar-refractivity contribution is -0.147. The number of carbonyl (C=O) groups is 4. The van der Waals surface area contributed by atoms with Gasteiger partial charge in [-0.3, -0.25) is 29.6 Å². The molecule has 150 valence electrons. The van der Waals surface area contributed by atoms with Crippen molar-refractivity contribution in [2.75, 3.05) is 13.2 Å². The van der Waals surface area contributed by atoms with E-state index in [1.165, 1.54) is 12.1 Å². The Kier molecular flexibility index (Phi) is 6.66. The summed E-state index contributed by atoms with van der Waals surface area (Å²) in [5, 5.41) is 1.57. The third kappa shape index (κ3) is 5.42. The van der Waals surface area contributed by atoms with Gasteiger partial charge in [0, 0.05) is 27.0 Å². The summed E-state index contributed by atoms with van der Waals surface area (Å²) in [6.07, 6.45) is -0.105. The van der Waals surface area contributed by atoms with Crippen LogP contribution in [0, 0.1) is 5.92 Å². The molecule has 0 saturated carbocycles. The number of amides is 2. The first-order valence-electron chi connectivity index (χ1n) is 8.66. The Hall–Kier alpha value is -2.71. The van der Waals surface area contributed by atoms with Gasteiger partial charge in [0.25, 0.3) is 5.91 Å². The molecule has 1 N–H and O–H groups in total. The molecule has 1 aliphatic heterocycles. The van der Waals surface area contributed by atoms with Crippen molar-refractivity contribution in [1.82, 2.24) is 10.4 Å². The number of hydrogen-bond donors (Lipinski definition) is 1. The van der Waals surface area contributed by atoms with E-state index in [-0.39, 0.29) is 18.7 Å². The quantitative estimate of drug-likeness (QED) is 0.508. The van der Waals surface area contributed by atoms with Crippen LogP contribution in [0.5, 0.6) is 0 Å². The molecule has 0 aromatic heterocycles. The van der Waals surface area contributed by atoms with Crippen LogP contribution in [0.25, 0.3) is 0 Å². The Bertz CT molecular complexity index is 946. The predicted molar refractivity (Wildman–Crippen MR) is 108 cm³/mol. The lowest BCUT2D eigenvalue weighted by Crippen LogP contribution is -2.43. The number of esters is 1. The first-order valence-corrected chi connectivity index (χ1v) is 9.83. The first kappa shape index (κ1) is 21.0. The van der Waals surface area contributed by atoms with Crippen molar-refractivity contribution in [1.29, 1.82) is 0 Å². The number of hydrogen-bond acceptors (Lipinski definition) is 5. The van der Waals surface area contributed by atoms with Gasteiger partial charge in [-0.25, -0.2) is 0 Å². The molecule has 7 nitrogen and oxygen atoms in total. The van der Waals surface area contributed by atoms with Crippen molar-refractivity contribution >= 4 is 51.1 Å². The molecule has 1 aliphatic rings. The minimum Gasteiger partial charge on any atom is -0.457 e. The maximum absolute atomic E-state index is 12.2. The molecule has 1 heterocycles. The zero-order valence-corrected chi connectivity index (χ0v) is 17.4. The zero-order valence-electron chi connectivity index (χ0n) is 15.1. The molecule has 0 unspecified atom stereocenters. The second-order valence-corrected chi connectivity index (χ2v) is 7.74. The zero-order chi connectivity index (χ0) is 21.0. The van der Waals surface area contributed by atoms with Crippen LogP contribution < -0.4 is 5.43 Å². The van der Waals surface area contributed by atoms with Crippen LogP contribution in [0.2, 0.25) is 5.02 Å². The maximum Gasteiger partial charge on any atom is 0.311 e. The average molecular weight is 480 g/mol. The molecule has 1 saturated heterocycles. The maximum atomic E-state index is 12.2. The number of rotatable bonds is 6. The van der Waals surface area contributed by atoms with Crippen LogP contribution in [-0.4, -0.2) is 41.7 Å². The van der Waals surface area contributed by atoms with Gasteiger partial charge in [0.05, 0.1) is 12.5 Å². The SMILES string of the molecule is O=C(COC(=O)[C@@H]1CC(=O)N(NC(=O)c2ccc(Cl)cc2)C1)c1ccc(Br)cc1. The summed E-state index contributed by atoms with van der Waals surface area (Å²) in [6, 6.07) is 12.8. The van der Waals surface area contributed by atoms with Crippen molar-refractivity contribution in [3.8, 4) is 0 Å². The molecular weight excluding hydrogens is 464 g/mol. The fraction of sp³-hybridized carbons (Fsp3) is 0.200. The normalized spacial score (nSPS) is 15.9. The third-order valence-electron chi connectivity index (χ3n) is 4.31. The summed E-state index contributed by atoms with van der Waals surface area (Å²) in [5.41, 5.74) is 3.21. The van der Waals surface area contributed by atoms with Gasteiger partial charge in [-0.1, -0.05) is 39.7 Å². The van der Waals surface area contributed by atoms with Gasteiger partial charge in [-0.05, 0) is 36.4 Å². The van der Waals surface area contributed by atoms with Crippen LogP contribution >= 0.6 is 27.5 Å². The van der Waals surface area contributed by atoms with E-state index in [9.17, 15) is 19.2 Å². The number of Topliss-reactive ketones (excluding diaryl/α,β-unsaturated/α-hetero) is 1. The molecule has 1 fully saturated rings. The molecular formula is C20H16BrClN2O5. The molecule has 2 aromatic carbocycles. The molecule has 0 spiro atoms. The Morgan fingerprint density at radius 3 is 2.34 bits per heavy atom. The molecule has 0 radical (unpaired) electrons. The van der Waals surface area contributed by atoms with E-state index in [0.717, 1.165) is 9.48 Å². The van der Waals surface area contributed by atoms with Crippen molar-refractivity contribution < 1.29 is 23.9 Å². The van der Waals surface area contributed by atoms with Crippen molar-refractivity contribution in [3.63, 3.8) is 0 Å². The fourth-order valence-corrected chi connectivity index (χ4v) is 3.13. The largest absolute Gasteiger partial charge is 0.457 e. The number of halogens is 2. The summed E-state index contributed by atoms with van der Waals surface area (Å²) < 4.78 is 5.90. The number of hydrazine groups is 1. The fourth-order valence-electron chi connectivity index (χ4n) is 2.74. The Morgan fingerprint density at radius 1 is 1.07 bits per heavy atom. The van der Waals surface area contributed by atoms with E-state index < -0.39 is 30.3 Å². The monoisotopic (exact) mass is 478 g/mol. The number of ketones is 1. The van der Waals surface area contributed by atoms with Crippen LogP contribution in [0.15, 0.2) is 53.0 Å². The minimum atomic E-state index is -0.759. The number of nitrogens with one attached hydrogen (secondary N) is 1. The molecule has 0 bridgehead atoms. The lowest BCUT2D eigenvalue weighted by Gasteiger charge is -2.17. The Labute approximate surface area is 180 Å². The van der Waals surface area contributed by atoms with Gasteiger partial charge in [0.2, 0.25) is 5.91 Å². The van der Waals surface area contributed by atoms with E-state index in [4.69, 9.17) is 16.3 Å². The van der Waals surface area contributed by atoms with E-state index in [1.54, 1.807) is 36.4 Å². The number of ether oxygens (including phenoxy) is 1. The average Bonchev–Trinajstić information content (AvgIpc) is 3.07. The molecule has 1 atom stereocenters. The Morgan fingerprint density at radius 2 is 1.69 bits per heavy atom. The van der Waals surface area contributed by atoms with Crippen LogP contribution in [0.4, 0.5) is 0 Å². The second kappa shape index (κ2) is 9.19. The van der Waals surface area contributed by atoms with Gasteiger partial charge in [0.15, 0.2) is 12.4 Å². The number of carbonyl (C=O) groups excluding carboxylic acids is 4. The summed E-state index contributed by atoms with van der Waals surface area (Å²) >= 11 is 9.07. The highest BCUT2D eigenvalue weighted by Crippen LogP contribution is 2.19. The van der Waals surface area contributed by atoms with E-state index in [0.29, 0.717) is 16.1 Å². The molecule has 2 aromatic rings. The smallest absolute Gasteiger partial charge is 0.311 e. The highest BCUT2D eigenvalue weighted by molar-refractivity contribution is 9.10. The standard InChI is InChI=1S/C20H16BrClN2O5/c21-15-5-1-12(2-6-15)17(25)11-29-20(28)14-9-18(26)24(10-14)23-19(27)13-3-7-16(22)8-4-13/h1-8,14H,9-11H2,(H,23,27)/t14-/m1/s1. The summed E-state index contributed by atoms with van der Waals surface area (Å²) in [5.74, 6) is -2.66. The van der Waals surface area contributed by atoms with Gasteiger partial charge in [-0.15, -0.1) is 0 Å². The molecule has 29 heavy (non-hydrogen) atoms. The molecule has 0 aliphatic carbocycles. The topological polar surface area (TPSA) is 92.8 Å². The summed E-state index contributed by atoms with van der Waals surface area (Å²) in [7, 11) is 0. The molecule has 9 heteroatoms. The summed E-state index contributed by atoms with van der Waals surface area (Å²) in [6.45, 7) is -0.439. The third-order valence-corrected chi connectivity index (χ3v) is 5.09. The van der Waals surface area contributed by atoms with Crippen molar-refractivity contribution in [2.24, 2.45) is 5.92 Å². The predicted octanol–water partition coefficient (Wildman–Crippen LogP) is 3.02. The van der Waals surface area contributed by atoms with E-state index in [2.05, 4.69) is 21.4 Å². The van der Waals surface area contributed by atoms with Gasteiger partial charge in [0.1, 0.15) is 0 Å². The van der Waals surface area contributed by atoms with Gasteiger partial charge >= 0.3 is 5.97 Å². The van der Waals surface area contributed by atoms with Gasteiger partial charge < -0.3 is 4.74 Å². The van der Waals surface area contributed by atoms with Crippen molar-refractivity contribution in [3.05, 3.63) is 69.2 Å². The van der Waals surface area contributed by atoms with Crippen LogP contribution in [0.3, 0.4) is 0 Å². The van der Waals surface area contributed by atoms with E-state index >= 15 is 0 Å². The highest BCUT2D eigenvalue weighted by atomic mass is 79.9. The first-order chi connectivity index (χ1) is 13.8. The second-order valence-electron chi connectivity index (χ2n) is 6.39. The molecule has 2 amide bonds. The van der Waals surface area contributed by atoms with Crippen molar-refractivity contribution in [2.45, 2.75) is 6.42 Å². The van der Waals surface area contributed by atoms with Crippen LogP contribution in [-0.2, 0) is 14.3 Å². The highest BCUT2D eigenvalue weighted by Gasteiger charge is 2.36. The number of nitrogens with zero attached hydrogens (tertiary/aromatic N) is 1. The van der Waals surface area contributed by atoms with E-state index in [1.807, 2.05) is 0 Å².